The Morgan fingerprint density at radius 2 is 1.34 bits per heavy atom. The number of hydrogen-bond donors (Lipinski definition) is 0. The highest BCUT2D eigenvalue weighted by Gasteiger charge is 2.16. The first-order valence-corrected chi connectivity index (χ1v) is 12.6. The molecule has 166 valence electrons. The van der Waals surface area contributed by atoms with Gasteiger partial charge in [0.25, 0.3) is 0 Å². The second-order valence-corrected chi connectivity index (χ2v) is 9.93. The van der Waals surface area contributed by atoms with E-state index >= 15 is 0 Å². The number of nitrogens with zero attached hydrogens (tertiary/aromatic N) is 2. The molecule has 0 unspecified atom stereocenters. The van der Waals surface area contributed by atoms with Crippen LogP contribution in [-0.4, -0.2) is 9.55 Å². The molecule has 0 aliphatic carbocycles. The Bertz CT molecular complexity index is 1860. The van der Waals surface area contributed by atoms with E-state index in [1.54, 1.807) is 0 Å². The fourth-order valence-electron chi connectivity index (χ4n) is 5.07. The molecule has 35 heavy (non-hydrogen) atoms. The molecule has 0 amide bonds. The monoisotopic (exact) mass is 466 g/mol. The summed E-state index contributed by atoms with van der Waals surface area (Å²) in [6, 6.07) is 40.9. The SMILES string of the molecule is Cc1cccc2c1sc1c(-c3cccc(-c4nc5ccccc5n4-c4ccccc4)c3)cccc12. The molecule has 7 aromatic rings. The van der Waals surface area contributed by atoms with Crippen LogP contribution in [-0.2, 0) is 0 Å². The number of thiophene rings is 1. The Hall–Kier alpha value is -4.21. The van der Waals surface area contributed by atoms with Gasteiger partial charge in [0.2, 0.25) is 0 Å². The van der Waals surface area contributed by atoms with Crippen LogP contribution in [0.15, 0.2) is 115 Å². The highest BCUT2D eigenvalue weighted by Crippen LogP contribution is 2.41. The van der Waals surface area contributed by atoms with Gasteiger partial charge in [-0.05, 0) is 53.9 Å². The third kappa shape index (κ3) is 3.20. The minimum Gasteiger partial charge on any atom is -0.292 e. The maximum absolute atomic E-state index is 5.07. The first-order chi connectivity index (χ1) is 17.3. The van der Waals surface area contributed by atoms with Gasteiger partial charge in [0, 0.05) is 31.4 Å². The fraction of sp³-hybridized carbons (Fsp3) is 0.0312. The molecule has 7 rings (SSSR count). The van der Waals surface area contributed by atoms with Crippen molar-refractivity contribution < 1.29 is 0 Å². The molecule has 0 N–H and O–H groups in total. The number of rotatable bonds is 3. The van der Waals surface area contributed by atoms with Crippen LogP contribution < -0.4 is 0 Å². The third-order valence-corrected chi connectivity index (χ3v) is 8.12. The van der Waals surface area contributed by atoms with Gasteiger partial charge < -0.3 is 0 Å². The van der Waals surface area contributed by atoms with Crippen LogP contribution in [0.25, 0.3) is 59.4 Å². The fourth-order valence-corrected chi connectivity index (χ4v) is 6.38. The van der Waals surface area contributed by atoms with E-state index in [1.807, 2.05) is 11.3 Å². The van der Waals surface area contributed by atoms with E-state index in [4.69, 9.17) is 4.98 Å². The van der Waals surface area contributed by atoms with Gasteiger partial charge >= 0.3 is 0 Å². The zero-order valence-electron chi connectivity index (χ0n) is 19.3. The van der Waals surface area contributed by atoms with Crippen molar-refractivity contribution in [3.05, 3.63) is 121 Å². The molecule has 0 spiro atoms. The number of para-hydroxylation sites is 3. The molecule has 0 fully saturated rings. The summed E-state index contributed by atoms with van der Waals surface area (Å²) in [7, 11) is 0. The van der Waals surface area contributed by atoms with Gasteiger partial charge in [0.1, 0.15) is 5.82 Å². The number of fused-ring (bicyclic) bond motifs is 4. The molecule has 0 aliphatic heterocycles. The Morgan fingerprint density at radius 3 is 2.23 bits per heavy atom. The first kappa shape index (κ1) is 20.2. The van der Waals surface area contributed by atoms with Crippen LogP contribution in [0.2, 0.25) is 0 Å². The molecule has 2 aromatic heterocycles. The largest absolute Gasteiger partial charge is 0.292 e. The molecule has 0 bridgehead atoms. The van der Waals surface area contributed by atoms with Crippen molar-refractivity contribution in [3.63, 3.8) is 0 Å². The second kappa shape index (κ2) is 7.93. The van der Waals surface area contributed by atoms with Crippen molar-refractivity contribution in [1.29, 1.82) is 0 Å². The van der Waals surface area contributed by atoms with Gasteiger partial charge in [-0.3, -0.25) is 4.57 Å². The van der Waals surface area contributed by atoms with Gasteiger partial charge in [-0.2, -0.15) is 0 Å². The Morgan fingerprint density at radius 1 is 0.629 bits per heavy atom. The Kier molecular flexibility index (Phi) is 4.58. The van der Waals surface area contributed by atoms with Gasteiger partial charge in [-0.25, -0.2) is 4.98 Å². The van der Waals surface area contributed by atoms with E-state index in [9.17, 15) is 0 Å². The van der Waals surface area contributed by atoms with Crippen molar-refractivity contribution in [2.75, 3.05) is 0 Å². The van der Waals surface area contributed by atoms with E-state index in [0.29, 0.717) is 0 Å². The Balaban J connectivity index is 1.46. The number of aromatic nitrogens is 2. The summed E-state index contributed by atoms with van der Waals surface area (Å²) in [5.41, 5.74) is 8.15. The average molecular weight is 467 g/mol. The van der Waals surface area contributed by atoms with Crippen molar-refractivity contribution in [1.82, 2.24) is 9.55 Å². The molecule has 0 saturated heterocycles. The molecule has 3 heteroatoms. The summed E-state index contributed by atoms with van der Waals surface area (Å²) < 4.78 is 4.97. The lowest BCUT2D eigenvalue weighted by Gasteiger charge is -2.11. The lowest BCUT2D eigenvalue weighted by Crippen LogP contribution is -1.97. The van der Waals surface area contributed by atoms with Gasteiger partial charge in [-0.1, -0.05) is 84.9 Å². The van der Waals surface area contributed by atoms with Gasteiger partial charge in [-0.15, -0.1) is 11.3 Å². The van der Waals surface area contributed by atoms with Crippen LogP contribution in [0.3, 0.4) is 0 Å². The smallest absolute Gasteiger partial charge is 0.145 e. The van der Waals surface area contributed by atoms with Crippen LogP contribution in [0.4, 0.5) is 0 Å². The quantitative estimate of drug-likeness (QED) is 0.254. The standard InChI is InChI=1S/C32H22N2S/c1-21-10-7-16-26-27-17-9-15-25(31(27)35-30(21)26)22-11-8-12-23(20-22)32-33-28-18-5-6-19-29(28)34(32)24-13-3-2-4-14-24/h2-20H,1H3. The average Bonchev–Trinajstić information content (AvgIpc) is 3.49. The van der Waals surface area contributed by atoms with Crippen molar-refractivity contribution in [2.45, 2.75) is 6.92 Å². The normalized spacial score (nSPS) is 11.6. The van der Waals surface area contributed by atoms with Crippen molar-refractivity contribution in [2.24, 2.45) is 0 Å². The molecular formula is C32H22N2S. The lowest BCUT2D eigenvalue weighted by molar-refractivity contribution is 1.10. The summed E-state index contributed by atoms with van der Waals surface area (Å²) in [4.78, 5) is 5.07. The summed E-state index contributed by atoms with van der Waals surface area (Å²) >= 11 is 1.89. The van der Waals surface area contributed by atoms with Crippen LogP contribution in [0.1, 0.15) is 5.56 Å². The highest BCUT2D eigenvalue weighted by atomic mass is 32.1. The van der Waals surface area contributed by atoms with E-state index < -0.39 is 0 Å². The van der Waals surface area contributed by atoms with E-state index in [-0.39, 0.29) is 0 Å². The maximum atomic E-state index is 5.07. The summed E-state index contributed by atoms with van der Waals surface area (Å²) in [6.07, 6.45) is 0. The zero-order chi connectivity index (χ0) is 23.4. The molecular weight excluding hydrogens is 444 g/mol. The van der Waals surface area contributed by atoms with Crippen LogP contribution in [0.5, 0.6) is 0 Å². The molecule has 0 aliphatic rings. The predicted octanol–water partition coefficient (Wildman–Crippen LogP) is 9.04. The van der Waals surface area contributed by atoms with Crippen LogP contribution in [0, 0.1) is 6.92 Å². The summed E-state index contributed by atoms with van der Waals surface area (Å²) in [5.74, 6) is 0.957. The third-order valence-electron chi connectivity index (χ3n) is 6.73. The van der Waals surface area contributed by atoms with Crippen molar-refractivity contribution in [3.8, 4) is 28.2 Å². The minimum atomic E-state index is 0.957. The maximum Gasteiger partial charge on any atom is 0.145 e. The number of benzene rings is 5. The van der Waals surface area contributed by atoms with Gasteiger partial charge in [0.15, 0.2) is 0 Å². The predicted molar refractivity (Wildman–Crippen MR) is 150 cm³/mol. The molecule has 2 heterocycles. The summed E-state index contributed by atoms with van der Waals surface area (Å²) in [5, 5.41) is 2.67. The molecule has 0 radical (unpaired) electrons. The minimum absolute atomic E-state index is 0.957. The first-order valence-electron chi connectivity index (χ1n) is 11.8. The summed E-state index contributed by atoms with van der Waals surface area (Å²) in [6.45, 7) is 2.20. The second-order valence-electron chi connectivity index (χ2n) is 8.91. The number of imidazole rings is 1. The topological polar surface area (TPSA) is 17.8 Å². The number of hydrogen-bond acceptors (Lipinski definition) is 2. The molecule has 0 atom stereocenters. The highest BCUT2D eigenvalue weighted by molar-refractivity contribution is 7.26. The van der Waals surface area contributed by atoms with E-state index in [0.717, 1.165) is 28.1 Å². The van der Waals surface area contributed by atoms with E-state index in [1.165, 1.54) is 36.9 Å². The lowest BCUT2D eigenvalue weighted by atomic mass is 10.00. The number of aryl methyl sites for hydroxylation is 1. The van der Waals surface area contributed by atoms with Crippen molar-refractivity contribution >= 4 is 42.5 Å². The van der Waals surface area contributed by atoms with Gasteiger partial charge in [0.05, 0.1) is 11.0 Å². The van der Waals surface area contributed by atoms with E-state index in [2.05, 4.69) is 127 Å². The molecule has 5 aromatic carbocycles. The Labute approximate surface area is 207 Å². The zero-order valence-corrected chi connectivity index (χ0v) is 20.1. The molecule has 0 saturated carbocycles. The van der Waals surface area contributed by atoms with Crippen LogP contribution >= 0.6 is 11.3 Å². The molecule has 2 nitrogen and oxygen atoms in total.